The van der Waals surface area contributed by atoms with E-state index in [1.54, 1.807) is 0 Å². The Balaban J connectivity index is 1.36. The topological polar surface area (TPSA) is 17.3 Å². The highest BCUT2D eigenvalue weighted by Gasteiger charge is 2.16. The Morgan fingerprint density at radius 2 is 1.08 bits per heavy atom. The van der Waals surface area contributed by atoms with Crippen LogP contribution in [0.1, 0.15) is 0 Å². The monoisotopic (exact) mass is 470 g/mol. The second-order valence-corrected chi connectivity index (χ2v) is 9.63. The van der Waals surface area contributed by atoms with Gasteiger partial charge in [0.1, 0.15) is 0 Å². The van der Waals surface area contributed by atoms with Gasteiger partial charge in [-0.15, -0.1) is 0 Å². The summed E-state index contributed by atoms with van der Waals surface area (Å²) in [7, 11) is 0. The Bertz CT molecular complexity index is 2130. The molecule has 8 rings (SSSR count). The smallest absolute Gasteiger partial charge is 0.0871 e. The zero-order chi connectivity index (χ0) is 24.3. The summed E-state index contributed by atoms with van der Waals surface area (Å²) in [5, 5.41) is 6.38. The van der Waals surface area contributed by atoms with Crippen LogP contribution in [-0.4, -0.2) is 9.38 Å². The van der Waals surface area contributed by atoms with Gasteiger partial charge in [-0.1, -0.05) is 103 Å². The molecule has 172 valence electrons. The highest BCUT2D eigenvalue weighted by atomic mass is 14.9. The Labute approximate surface area is 214 Å². The van der Waals surface area contributed by atoms with Gasteiger partial charge < -0.3 is 4.40 Å². The van der Waals surface area contributed by atoms with Crippen LogP contribution in [0.3, 0.4) is 0 Å². The van der Waals surface area contributed by atoms with E-state index in [-0.39, 0.29) is 0 Å². The fourth-order valence-corrected chi connectivity index (χ4v) is 5.95. The van der Waals surface area contributed by atoms with Crippen LogP contribution in [0.4, 0.5) is 0 Å². The van der Waals surface area contributed by atoms with Gasteiger partial charge in [0.25, 0.3) is 0 Å². The normalized spacial score (nSPS) is 11.8. The minimum atomic E-state index is 1.00. The molecule has 2 heteroatoms. The summed E-state index contributed by atoms with van der Waals surface area (Å²) in [6.07, 6.45) is 2.02. The molecule has 2 aromatic heterocycles. The van der Waals surface area contributed by atoms with Crippen LogP contribution in [0.5, 0.6) is 0 Å². The van der Waals surface area contributed by atoms with Crippen molar-refractivity contribution in [3.05, 3.63) is 134 Å². The molecule has 0 aliphatic rings. The van der Waals surface area contributed by atoms with E-state index in [4.69, 9.17) is 4.98 Å². The van der Waals surface area contributed by atoms with Crippen molar-refractivity contribution >= 4 is 49.0 Å². The van der Waals surface area contributed by atoms with Gasteiger partial charge in [0.05, 0.1) is 28.3 Å². The van der Waals surface area contributed by atoms with Crippen molar-refractivity contribution in [2.24, 2.45) is 0 Å². The largest absolute Gasteiger partial charge is 0.306 e. The molecule has 0 aliphatic heterocycles. The predicted molar refractivity (Wildman–Crippen MR) is 156 cm³/mol. The summed E-state index contributed by atoms with van der Waals surface area (Å²) in [4.78, 5) is 4.80. The van der Waals surface area contributed by atoms with E-state index >= 15 is 0 Å². The first-order valence-electron chi connectivity index (χ1n) is 12.6. The van der Waals surface area contributed by atoms with Crippen molar-refractivity contribution in [2.45, 2.75) is 0 Å². The van der Waals surface area contributed by atoms with Crippen LogP contribution in [0, 0.1) is 0 Å². The summed E-state index contributed by atoms with van der Waals surface area (Å²) in [5.41, 5.74) is 9.37. The van der Waals surface area contributed by atoms with E-state index in [1.807, 2.05) is 12.3 Å². The highest BCUT2D eigenvalue weighted by Crippen LogP contribution is 2.39. The Kier molecular flexibility index (Phi) is 4.26. The number of hydrogen-bond donors (Lipinski definition) is 0. The van der Waals surface area contributed by atoms with E-state index in [1.165, 1.54) is 54.7 Å². The van der Waals surface area contributed by atoms with Crippen molar-refractivity contribution in [1.29, 1.82) is 0 Å². The maximum absolute atomic E-state index is 4.80. The predicted octanol–water partition coefficient (Wildman–Crippen LogP) is 9.28. The van der Waals surface area contributed by atoms with Crippen molar-refractivity contribution in [3.8, 4) is 22.3 Å². The van der Waals surface area contributed by atoms with E-state index in [9.17, 15) is 0 Å². The van der Waals surface area contributed by atoms with Gasteiger partial charge in [0.15, 0.2) is 0 Å². The van der Waals surface area contributed by atoms with Crippen LogP contribution in [-0.2, 0) is 0 Å². The fraction of sp³-hybridized carbons (Fsp3) is 0. The number of hydrogen-bond acceptors (Lipinski definition) is 1. The molecule has 0 saturated heterocycles. The minimum absolute atomic E-state index is 1.00. The number of fused-ring (bicyclic) bond motifs is 8. The quantitative estimate of drug-likeness (QED) is 0.230. The Morgan fingerprint density at radius 1 is 0.459 bits per heavy atom. The molecule has 0 aliphatic carbocycles. The third-order valence-corrected chi connectivity index (χ3v) is 7.61. The molecule has 2 nitrogen and oxygen atoms in total. The number of nitrogens with zero attached hydrogens (tertiary/aromatic N) is 2. The Hall–Kier alpha value is -4.95. The van der Waals surface area contributed by atoms with Crippen molar-refractivity contribution < 1.29 is 0 Å². The number of para-hydroxylation sites is 3. The molecule has 6 aromatic carbocycles. The second-order valence-electron chi connectivity index (χ2n) is 9.63. The molecule has 2 heterocycles. The van der Waals surface area contributed by atoms with Crippen molar-refractivity contribution in [2.75, 3.05) is 0 Å². The van der Waals surface area contributed by atoms with Gasteiger partial charge in [0.2, 0.25) is 0 Å². The molecule has 37 heavy (non-hydrogen) atoms. The highest BCUT2D eigenvalue weighted by molar-refractivity contribution is 6.14. The number of aromatic nitrogens is 2. The van der Waals surface area contributed by atoms with Crippen LogP contribution in [0.2, 0.25) is 0 Å². The van der Waals surface area contributed by atoms with Gasteiger partial charge in [0, 0.05) is 10.9 Å². The summed E-state index contributed by atoms with van der Waals surface area (Å²) in [6.45, 7) is 0. The van der Waals surface area contributed by atoms with Crippen molar-refractivity contribution in [3.63, 3.8) is 0 Å². The summed E-state index contributed by atoms with van der Waals surface area (Å²) in [5.74, 6) is 0. The van der Waals surface area contributed by atoms with E-state index in [2.05, 4.69) is 126 Å². The summed E-state index contributed by atoms with van der Waals surface area (Å²) in [6, 6.07) is 45.8. The lowest BCUT2D eigenvalue weighted by Crippen LogP contribution is -1.90. The zero-order valence-electron chi connectivity index (χ0n) is 20.1. The molecule has 0 spiro atoms. The first-order chi connectivity index (χ1) is 18.4. The average Bonchev–Trinajstić information content (AvgIpc) is 3.32. The maximum atomic E-state index is 4.80. The molecule has 0 amide bonds. The SMILES string of the molecule is c1ccc2c(c1)cc(-c1ccc(-c3c4ccccc4n4c3cnc3ccccc34)cc1)c1ccccc12. The first kappa shape index (κ1) is 20.3. The Morgan fingerprint density at radius 3 is 1.92 bits per heavy atom. The number of benzene rings is 6. The lowest BCUT2D eigenvalue weighted by molar-refractivity contribution is 1.27. The molecule has 0 fully saturated rings. The molecular formula is C35H22N2. The third-order valence-electron chi connectivity index (χ3n) is 7.61. The third kappa shape index (κ3) is 2.96. The first-order valence-corrected chi connectivity index (χ1v) is 12.6. The summed E-state index contributed by atoms with van der Waals surface area (Å²) >= 11 is 0. The molecule has 0 bridgehead atoms. The van der Waals surface area contributed by atoms with Gasteiger partial charge in [-0.05, 0) is 62.5 Å². The molecule has 0 unspecified atom stereocenters. The molecule has 8 aromatic rings. The number of rotatable bonds is 2. The zero-order valence-corrected chi connectivity index (χ0v) is 20.1. The average molecular weight is 471 g/mol. The van der Waals surface area contributed by atoms with Gasteiger partial charge in [-0.3, -0.25) is 4.98 Å². The standard InChI is InChI=1S/C35H22N2/c1-2-10-26-25(9-1)21-30(28-12-4-3-11-27(26)28)23-17-19-24(20-18-23)35-29-13-5-7-15-32(29)37-33-16-8-6-14-31(33)36-22-34(35)37/h1-22H. The van der Waals surface area contributed by atoms with Crippen LogP contribution in [0.15, 0.2) is 134 Å². The molecule has 0 radical (unpaired) electrons. The van der Waals surface area contributed by atoms with E-state index in [0.717, 1.165) is 16.6 Å². The fourth-order valence-electron chi connectivity index (χ4n) is 5.95. The minimum Gasteiger partial charge on any atom is -0.306 e. The van der Waals surface area contributed by atoms with Gasteiger partial charge in [-0.2, -0.15) is 0 Å². The van der Waals surface area contributed by atoms with Gasteiger partial charge in [-0.25, -0.2) is 0 Å². The van der Waals surface area contributed by atoms with Crippen LogP contribution < -0.4 is 0 Å². The van der Waals surface area contributed by atoms with Crippen LogP contribution >= 0.6 is 0 Å². The van der Waals surface area contributed by atoms with E-state index < -0.39 is 0 Å². The van der Waals surface area contributed by atoms with Crippen LogP contribution in [0.25, 0.3) is 71.3 Å². The lowest BCUT2D eigenvalue weighted by atomic mass is 9.92. The van der Waals surface area contributed by atoms with Crippen molar-refractivity contribution in [1.82, 2.24) is 9.38 Å². The lowest BCUT2D eigenvalue weighted by Gasteiger charge is -2.12. The second kappa shape index (κ2) is 7.78. The van der Waals surface area contributed by atoms with Gasteiger partial charge >= 0.3 is 0 Å². The van der Waals surface area contributed by atoms with E-state index in [0.29, 0.717) is 0 Å². The summed E-state index contributed by atoms with van der Waals surface area (Å²) < 4.78 is 2.34. The molecule has 0 N–H and O–H groups in total. The molecular weight excluding hydrogens is 448 g/mol. The maximum Gasteiger partial charge on any atom is 0.0871 e. The molecule has 0 saturated carbocycles. The molecule has 0 atom stereocenters.